The van der Waals surface area contributed by atoms with E-state index in [1.165, 1.54) is 0 Å². The molecule has 140 valence electrons. The van der Waals surface area contributed by atoms with Crippen LogP contribution >= 0.6 is 0 Å². The fourth-order valence-corrected chi connectivity index (χ4v) is 3.80. The molecule has 0 saturated heterocycles. The molecular formula is C24H23N3O. The zero-order chi connectivity index (χ0) is 19.7. The molecule has 0 bridgehead atoms. The van der Waals surface area contributed by atoms with Crippen LogP contribution in [0, 0.1) is 13.8 Å². The number of carbonyl (C=O) groups is 1. The number of rotatable bonds is 4. The third-order valence-electron chi connectivity index (χ3n) is 5.11. The van der Waals surface area contributed by atoms with Crippen molar-refractivity contribution in [1.82, 2.24) is 9.55 Å². The number of anilines is 1. The molecule has 0 aliphatic carbocycles. The van der Waals surface area contributed by atoms with E-state index in [0.29, 0.717) is 12.2 Å². The Hall–Kier alpha value is -3.40. The van der Waals surface area contributed by atoms with Crippen LogP contribution in [0.15, 0.2) is 72.8 Å². The van der Waals surface area contributed by atoms with Gasteiger partial charge in [0, 0.05) is 17.6 Å². The van der Waals surface area contributed by atoms with Crippen molar-refractivity contribution in [2.75, 3.05) is 11.4 Å². The lowest BCUT2D eigenvalue weighted by atomic mass is 10.1. The first-order valence-corrected chi connectivity index (χ1v) is 9.52. The summed E-state index contributed by atoms with van der Waals surface area (Å²) in [4.78, 5) is 19.9. The van der Waals surface area contributed by atoms with Gasteiger partial charge >= 0.3 is 0 Å². The van der Waals surface area contributed by atoms with Crippen molar-refractivity contribution in [3.63, 3.8) is 0 Å². The second-order valence-corrected chi connectivity index (χ2v) is 6.81. The molecule has 28 heavy (non-hydrogen) atoms. The Kier molecular flexibility index (Phi) is 4.70. The van der Waals surface area contributed by atoms with Crippen LogP contribution in [0.2, 0.25) is 0 Å². The first-order chi connectivity index (χ1) is 13.6. The van der Waals surface area contributed by atoms with Gasteiger partial charge in [0.2, 0.25) is 0 Å². The van der Waals surface area contributed by atoms with Gasteiger partial charge < -0.3 is 9.47 Å². The minimum absolute atomic E-state index is 0.0749. The van der Waals surface area contributed by atoms with E-state index >= 15 is 0 Å². The van der Waals surface area contributed by atoms with Crippen LogP contribution in [0.25, 0.3) is 16.5 Å². The molecule has 1 heterocycles. The first-order valence-electron chi connectivity index (χ1n) is 9.52. The van der Waals surface area contributed by atoms with Gasteiger partial charge in [0.25, 0.3) is 5.91 Å². The third kappa shape index (κ3) is 2.97. The predicted molar refractivity (Wildman–Crippen MR) is 114 cm³/mol. The van der Waals surface area contributed by atoms with Gasteiger partial charge in [-0.2, -0.15) is 0 Å². The number of hydrogen-bond acceptors (Lipinski definition) is 2. The summed E-state index contributed by atoms with van der Waals surface area (Å²) in [6.45, 7) is 6.46. The van der Waals surface area contributed by atoms with Gasteiger partial charge in [-0.15, -0.1) is 0 Å². The number of nitrogens with zero attached hydrogens (tertiary/aromatic N) is 3. The monoisotopic (exact) mass is 369 g/mol. The average Bonchev–Trinajstić information content (AvgIpc) is 3.03. The number of amides is 1. The second kappa shape index (κ2) is 7.31. The van der Waals surface area contributed by atoms with Crippen LogP contribution in [0.3, 0.4) is 0 Å². The van der Waals surface area contributed by atoms with Crippen LogP contribution in [0.4, 0.5) is 5.69 Å². The Balaban J connectivity index is 1.80. The number of benzene rings is 3. The smallest absolute Gasteiger partial charge is 0.278 e. The Morgan fingerprint density at radius 3 is 2.36 bits per heavy atom. The van der Waals surface area contributed by atoms with Crippen LogP contribution < -0.4 is 4.90 Å². The highest BCUT2D eigenvalue weighted by molar-refractivity contribution is 6.10. The zero-order valence-electron chi connectivity index (χ0n) is 16.4. The fraction of sp³-hybridized carbons (Fsp3) is 0.167. The molecule has 0 fully saturated rings. The number of aromatic nitrogens is 2. The lowest BCUT2D eigenvalue weighted by Gasteiger charge is -2.22. The van der Waals surface area contributed by atoms with Gasteiger partial charge in [0.05, 0.1) is 11.4 Å². The van der Waals surface area contributed by atoms with Crippen molar-refractivity contribution in [2.45, 2.75) is 20.8 Å². The largest absolute Gasteiger partial charge is 0.307 e. The van der Waals surface area contributed by atoms with E-state index in [1.54, 1.807) is 0 Å². The van der Waals surface area contributed by atoms with Crippen LogP contribution in [0.5, 0.6) is 0 Å². The summed E-state index contributed by atoms with van der Waals surface area (Å²) in [5, 5.41) is 2.19. The Morgan fingerprint density at radius 1 is 0.929 bits per heavy atom. The molecule has 0 aliphatic heterocycles. The molecule has 4 nitrogen and oxygen atoms in total. The molecule has 1 aromatic heterocycles. The van der Waals surface area contributed by atoms with E-state index in [1.807, 2.05) is 84.8 Å². The number of aryl methyl sites for hydroxylation is 1. The standard InChI is InChI=1S/C24H23N3O/c1-4-26(22-16-10-12-19-11-8-9-15-21(19)22)24(28)23-17(2)27(18(3)25-23)20-13-6-5-7-14-20/h5-16H,4H2,1-3H3. The molecule has 0 radical (unpaired) electrons. The van der Waals surface area contributed by atoms with Gasteiger partial charge in [-0.3, -0.25) is 4.79 Å². The van der Waals surface area contributed by atoms with Crippen molar-refractivity contribution >= 4 is 22.4 Å². The lowest BCUT2D eigenvalue weighted by molar-refractivity contribution is 0.0983. The number of carbonyl (C=O) groups excluding carboxylic acids is 1. The van der Waals surface area contributed by atoms with E-state index in [-0.39, 0.29) is 5.91 Å². The van der Waals surface area contributed by atoms with Crippen molar-refractivity contribution in [3.05, 3.63) is 90.0 Å². The predicted octanol–water partition coefficient (Wildman–Crippen LogP) is 5.31. The highest BCUT2D eigenvalue weighted by Gasteiger charge is 2.24. The molecule has 4 rings (SSSR count). The number of fused-ring (bicyclic) bond motifs is 1. The maximum absolute atomic E-state index is 13.5. The summed E-state index contributed by atoms with van der Waals surface area (Å²) in [6.07, 6.45) is 0. The van der Waals surface area contributed by atoms with E-state index in [2.05, 4.69) is 23.2 Å². The van der Waals surface area contributed by atoms with Gasteiger partial charge in [0.1, 0.15) is 11.5 Å². The van der Waals surface area contributed by atoms with E-state index in [9.17, 15) is 4.79 Å². The molecule has 4 heteroatoms. The number of hydrogen-bond donors (Lipinski definition) is 0. The van der Waals surface area contributed by atoms with Gasteiger partial charge in [-0.25, -0.2) is 4.98 Å². The van der Waals surface area contributed by atoms with Crippen LogP contribution in [0.1, 0.15) is 28.9 Å². The summed E-state index contributed by atoms with van der Waals surface area (Å²) in [7, 11) is 0. The van der Waals surface area contributed by atoms with Crippen LogP contribution in [-0.2, 0) is 0 Å². The number of imidazole rings is 1. The van der Waals surface area contributed by atoms with E-state index in [4.69, 9.17) is 0 Å². The Labute approximate surface area is 165 Å². The molecule has 0 N–H and O–H groups in total. The average molecular weight is 369 g/mol. The quantitative estimate of drug-likeness (QED) is 0.489. The van der Waals surface area contributed by atoms with Gasteiger partial charge in [-0.1, -0.05) is 54.6 Å². The lowest BCUT2D eigenvalue weighted by Crippen LogP contribution is -2.31. The first kappa shape index (κ1) is 18.0. The number of para-hydroxylation sites is 1. The zero-order valence-corrected chi connectivity index (χ0v) is 16.4. The van der Waals surface area contributed by atoms with E-state index < -0.39 is 0 Å². The van der Waals surface area contributed by atoms with Crippen LogP contribution in [-0.4, -0.2) is 22.0 Å². The highest BCUT2D eigenvalue weighted by atomic mass is 16.2. The van der Waals surface area contributed by atoms with E-state index in [0.717, 1.165) is 33.7 Å². The molecule has 4 aromatic rings. The summed E-state index contributed by atoms with van der Waals surface area (Å²) >= 11 is 0. The topological polar surface area (TPSA) is 38.1 Å². The minimum atomic E-state index is -0.0749. The fourth-order valence-electron chi connectivity index (χ4n) is 3.80. The molecule has 3 aromatic carbocycles. The SMILES string of the molecule is CCN(C(=O)c1nc(C)n(-c2ccccc2)c1C)c1cccc2ccccc12. The summed E-state index contributed by atoms with van der Waals surface area (Å²) < 4.78 is 2.03. The van der Waals surface area contributed by atoms with Gasteiger partial charge in [-0.05, 0) is 44.4 Å². The molecule has 0 atom stereocenters. The van der Waals surface area contributed by atoms with Gasteiger partial charge in [0.15, 0.2) is 0 Å². The molecular weight excluding hydrogens is 346 g/mol. The molecule has 0 aliphatic rings. The van der Waals surface area contributed by atoms with Crippen molar-refractivity contribution in [2.24, 2.45) is 0 Å². The summed E-state index contributed by atoms with van der Waals surface area (Å²) in [5.41, 5.74) is 3.28. The summed E-state index contributed by atoms with van der Waals surface area (Å²) in [6, 6.07) is 24.2. The third-order valence-corrected chi connectivity index (χ3v) is 5.11. The second-order valence-electron chi connectivity index (χ2n) is 6.81. The Bertz CT molecular complexity index is 1140. The normalized spacial score (nSPS) is 11.0. The maximum atomic E-state index is 13.5. The molecule has 0 spiro atoms. The molecule has 0 unspecified atom stereocenters. The highest BCUT2D eigenvalue weighted by Crippen LogP contribution is 2.28. The van der Waals surface area contributed by atoms with Crippen molar-refractivity contribution in [3.8, 4) is 5.69 Å². The molecule has 0 saturated carbocycles. The van der Waals surface area contributed by atoms with Crippen molar-refractivity contribution < 1.29 is 4.79 Å². The maximum Gasteiger partial charge on any atom is 0.278 e. The van der Waals surface area contributed by atoms with Crippen molar-refractivity contribution in [1.29, 1.82) is 0 Å². The summed E-state index contributed by atoms with van der Waals surface area (Å²) in [5.74, 6) is 0.732. The Morgan fingerprint density at radius 2 is 1.61 bits per heavy atom. The molecule has 1 amide bonds. The minimum Gasteiger partial charge on any atom is -0.307 e.